The van der Waals surface area contributed by atoms with Gasteiger partial charge in [-0.05, 0) is 56.0 Å². The lowest BCUT2D eigenvalue weighted by Gasteiger charge is -2.26. The number of fused-ring (bicyclic) bond motifs is 1. The van der Waals surface area contributed by atoms with Crippen LogP contribution >= 0.6 is 0 Å². The Morgan fingerprint density at radius 3 is 2.83 bits per heavy atom. The molecule has 0 aromatic heterocycles. The molecule has 1 aromatic rings. The Morgan fingerprint density at radius 2 is 2.00 bits per heavy atom. The van der Waals surface area contributed by atoms with Crippen LogP contribution in [0.25, 0.3) is 5.57 Å². The molecule has 3 aliphatic rings. The highest BCUT2D eigenvalue weighted by Crippen LogP contribution is 2.38. The number of allylic oxidation sites excluding steroid dienone is 1. The Morgan fingerprint density at radius 1 is 1.17 bits per heavy atom. The quantitative estimate of drug-likeness (QED) is 0.690. The van der Waals surface area contributed by atoms with Crippen molar-refractivity contribution in [3.63, 3.8) is 0 Å². The Hall–Kier alpha value is -1.84. The first-order valence-corrected chi connectivity index (χ1v) is 8.67. The van der Waals surface area contributed by atoms with E-state index in [4.69, 9.17) is 5.73 Å². The van der Waals surface area contributed by atoms with E-state index in [9.17, 15) is 0 Å². The summed E-state index contributed by atoms with van der Waals surface area (Å²) in [6, 6.07) is 6.92. The molecule has 120 valence electrons. The zero-order valence-corrected chi connectivity index (χ0v) is 13.8. The third kappa shape index (κ3) is 2.64. The van der Waals surface area contributed by atoms with E-state index in [0.29, 0.717) is 0 Å². The van der Waals surface area contributed by atoms with E-state index >= 15 is 0 Å². The molecule has 0 saturated carbocycles. The normalized spacial score (nSPS) is 24.0. The van der Waals surface area contributed by atoms with Crippen LogP contribution in [0.1, 0.15) is 29.5 Å². The van der Waals surface area contributed by atoms with Gasteiger partial charge < -0.3 is 16.4 Å². The molecule has 4 rings (SSSR count). The van der Waals surface area contributed by atoms with Crippen molar-refractivity contribution in [2.45, 2.75) is 32.2 Å². The van der Waals surface area contributed by atoms with E-state index in [1.54, 1.807) is 5.57 Å². The standard InChI is InChI=1S/C20H25N3/c1-13-4-5-16-15(11-13)12-18(21)17-3-2-8-23-20(17)19(16)14-6-9-22-10-7-14/h2-5,11,18,22-23H,6-10,12,21H2,1H3. The van der Waals surface area contributed by atoms with Crippen molar-refractivity contribution < 1.29 is 0 Å². The number of nitrogens with one attached hydrogen (secondary N) is 2. The largest absolute Gasteiger partial charge is 0.381 e. The molecule has 2 heterocycles. The van der Waals surface area contributed by atoms with Gasteiger partial charge in [0.2, 0.25) is 0 Å². The van der Waals surface area contributed by atoms with E-state index in [-0.39, 0.29) is 6.04 Å². The lowest BCUT2D eigenvalue weighted by molar-refractivity contribution is 0.610. The zero-order chi connectivity index (χ0) is 15.8. The first-order valence-electron chi connectivity index (χ1n) is 8.67. The maximum atomic E-state index is 6.56. The number of benzene rings is 1. The molecule has 23 heavy (non-hydrogen) atoms. The lowest BCUT2D eigenvalue weighted by atomic mass is 9.88. The average molecular weight is 307 g/mol. The zero-order valence-electron chi connectivity index (χ0n) is 13.8. The second-order valence-electron chi connectivity index (χ2n) is 6.81. The summed E-state index contributed by atoms with van der Waals surface area (Å²) >= 11 is 0. The molecule has 0 bridgehead atoms. The van der Waals surface area contributed by atoms with Crippen molar-refractivity contribution in [2.75, 3.05) is 19.6 Å². The van der Waals surface area contributed by atoms with Gasteiger partial charge in [0.15, 0.2) is 0 Å². The minimum atomic E-state index is 0.0643. The van der Waals surface area contributed by atoms with Gasteiger partial charge in [-0.15, -0.1) is 0 Å². The predicted octanol–water partition coefficient (Wildman–Crippen LogP) is 2.43. The Kier molecular flexibility index (Phi) is 3.83. The van der Waals surface area contributed by atoms with E-state index in [1.165, 1.54) is 33.5 Å². The highest BCUT2D eigenvalue weighted by Gasteiger charge is 2.28. The molecular weight excluding hydrogens is 282 g/mol. The van der Waals surface area contributed by atoms with Crippen LogP contribution in [0, 0.1) is 6.92 Å². The molecule has 0 spiro atoms. The summed E-state index contributed by atoms with van der Waals surface area (Å²) in [5.74, 6) is 0. The monoisotopic (exact) mass is 307 g/mol. The summed E-state index contributed by atoms with van der Waals surface area (Å²) in [7, 11) is 0. The summed E-state index contributed by atoms with van der Waals surface area (Å²) < 4.78 is 0. The summed E-state index contributed by atoms with van der Waals surface area (Å²) in [6.45, 7) is 5.20. The van der Waals surface area contributed by atoms with Gasteiger partial charge in [0, 0.05) is 23.9 Å². The van der Waals surface area contributed by atoms with Crippen molar-refractivity contribution >= 4 is 5.57 Å². The molecule has 1 aromatic carbocycles. The summed E-state index contributed by atoms with van der Waals surface area (Å²) in [6.07, 6.45) is 7.58. The van der Waals surface area contributed by atoms with Gasteiger partial charge >= 0.3 is 0 Å². The average Bonchev–Trinajstić information content (AvgIpc) is 2.70. The number of nitrogens with two attached hydrogens (primary N) is 1. The van der Waals surface area contributed by atoms with Gasteiger partial charge in [-0.2, -0.15) is 0 Å². The number of hydrogen-bond acceptors (Lipinski definition) is 3. The van der Waals surface area contributed by atoms with Crippen molar-refractivity contribution in [1.82, 2.24) is 10.6 Å². The van der Waals surface area contributed by atoms with Crippen molar-refractivity contribution in [1.29, 1.82) is 0 Å². The third-order valence-electron chi connectivity index (χ3n) is 5.16. The number of piperidine rings is 1. The Bertz CT molecular complexity index is 716. The lowest BCUT2D eigenvalue weighted by Crippen LogP contribution is -2.30. The third-order valence-corrected chi connectivity index (χ3v) is 5.16. The predicted molar refractivity (Wildman–Crippen MR) is 96.1 cm³/mol. The maximum Gasteiger partial charge on any atom is 0.0470 e. The van der Waals surface area contributed by atoms with Crippen molar-refractivity contribution in [2.24, 2.45) is 5.73 Å². The molecule has 1 aliphatic carbocycles. The van der Waals surface area contributed by atoms with Crippen LogP contribution < -0.4 is 16.4 Å². The van der Waals surface area contributed by atoms with Crippen molar-refractivity contribution in [3.05, 3.63) is 63.9 Å². The molecule has 1 fully saturated rings. The van der Waals surface area contributed by atoms with Gasteiger partial charge in [0.25, 0.3) is 0 Å². The fourth-order valence-corrected chi connectivity index (χ4v) is 4.04. The summed E-state index contributed by atoms with van der Waals surface area (Å²) in [4.78, 5) is 0. The van der Waals surface area contributed by atoms with Gasteiger partial charge in [-0.25, -0.2) is 0 Å². The minimum absolute atomic E-state index is 0.0643. The molecule has 2 aliphatic heterocycles. The number of dihydropyridines is 1. The Labute approximate surface area is 138 Å². The van der Waals surface area contributed by atoms with Crippen LogP contribution in [0.4, 0.5) is 0 Å². The smallest absolute Gasteiger partial charge is 0.0470 e. The van der Waals surface area contributed by atoms with Gasteiger partial charge in [0.1, 0.15) is 0 Å². The molecule has 0 amide bonds. The molecule has 0 radical (unpaired) electrons. The summed E-state index contributed by atoms with van der Waals surface area (Å²) in [5, 5.41) is 7.10. The fraction of sp³-hybridized carbons (Fsp3) is 0.400. The van der Waals surface area contributed by atoms with Crippen LogP contribution in [0.5, 0.6) is 0 Å². The number of rotatable bonds is 0. The molecule has 3 nitrogen and oxygen atoms in total. The van der Waals surface area contributed by atoms with E-state index in [0.717, 1.165) is 38.9 Å². The molecule has 1 atom stereocenters. The second kappa shape index (κ2) is 5.99. The Balaban J connectivity index is 1.97. The fourth-order valence-electron chi connectivity index (χ4n) is 4.04. The minimum Gasteiger partial charge on any atom is -0.381 e. The van der Waals surface area contributed by atoms with Crippen molar-refractivity contribution in [3.8, 4) is 0 Å². The van der Waals surface area contributed by atoms with Crippen LogP contribution in [0.15, 0.2) is 47.2 Å². The molecule has 1 saturated heterocycles. The number of aryl methyl sites for hydroxylation is 1. The van der Waals surface area contributed by atoms with Crippen LogP contribution in [0.3, 0.4) is 0 Å². The van der Waals surface area contributed by atoms with Crippen LogP contribution in [-0.4, -0.2) is 25.7 Å². The second-order valence-corrected chi connectivity index (χ2v) is 6.81. The summed E-state index contributed by atoms with van der Waals surface area (Å²) in [5.41, 5.74) is 16.2. The topological polar surface area (TPSA) is 50.1 Å². The number of hydrogen-bond donors (Lipinski definition) is 3. The molecular formula is C20H25N3. The maximum absolute atomic E-state index is 6.56. The van der Waals surface area contributed by atoms with Gasteiger partial charge in [0.05, 0.1) is 0 Å². The SMILES string of the molecule is Cc1ccc2c(c1)CC(N)C1=C(NCC=C1)C2=C1CCNCC1. The van der Waals surface area contributed by atoms with Crippen LogP contribution in [-0.2, 0) is 6.42 Å². The molecule has 1 unspecified atom stereocenters. The molecule has 3 heteroatoms. The van der Waals surface area contributed by atoms with Gasteiger partial charge in [-0.1, -0.05) is 41.5 Å². The molecule has 4 N–H and O–H groups in total. The van der Waals surface area contributed by atoms with Gasteiger partial charge in [-0.3, -0.25) is 0 Å². The van der Waals surface area contributed by atoms with E-state index in [2.05, 4.69) is 47.9 Å². The van der Waals surface area contributed by atoms with Crippen LogP contribution in [0.2, 0.25) is 0 Å². The van der Waals surface area contributed by atoms with E-state index < -0.39 is 0 Å². The first kappa shape index (κ1) is 14.7. The highest BCUT2D eigenvalue weighted by molar-refractivity contribution is 5.85. The first-order chi connectivity index (χ1) is 11.2. The van der Waals surface area contributed by atoms with E-state index in [1.807, 2.05) is 0 Å². The highest BCUT2D eigenvalue weighted by atomic mass is 14.9.